The Morgan fingerprint density at radius 2 is 1.95 bits per heavy atom. The number of fused-ring (bicyclic) bond motifs is 1. The Morgan fingerprint density at radius 1 is 1.16 bits per heavy atom. The molecule has 1 aromatic carbocycles. The summed E-state index contributed by atoms with van der Waals surface area (Å²) in [6.45, 7) is 3.71. The number of rotatable bonds is 1. The van der Waals surface area contributed by atoms with Crippen LogP contribution in [-0.2, 0) is 0 Å². The Morgan fingerprint density at radius 3 is 2.74 bits per heavy atom. The second kappa shape index (κ2) is 4.18. The maximum Gasteiger partial charge on any atom is 0.194 e. The molecule has 0 N–H and O–H groups in total. The molecule has 19 heavy (non-hydrogen) atoms. The van der Waals surface area contributed by atoms with Gasteiger partial charge in [0.2, 0.25) is 0 Å². The van der Waals surface area contributed by atoms with E-state index in [0.717, 1.165) is 22.2 Å². The summed E-state index contributed by atoms with van der Waals surface area (Å²) in [4.78, 5) is 0. The molecule has 0 unspecified atom stereocenters. The van der Waals surface area contributed by atoms with Crippen molar-refractivity contribution in [3.63, 3.8) is 0 Å². The third-order valence-corrected chi connectivity index (χ3v) is 3.23. The van der Waals surface area contributed by atoms with Crippen LogP contribution >= 0.6 is 0 Å². The molecule has 0 atom stereocenters. The minimum Gasteiger partial charge on any atom is -0.212 e. The third kappa shape index (κ3) is 1.66. The monoisotopic (exact) mass is 249 g/mol. The fourth-order valence-corrected chi connectivity index (χ4v) is 2.02. The molecule has 0 aliphatic heterocycles. The summed E-state index contributed by atoms with van der Waals surface area (Å²) in [5.74, 6) is 0.479. The number of nitrogens with zero attached hydrogens (tertiary/aromatic N) is 5. The van der Waals surface area contributed by atoms with Gasteiger partial charge in [-0.2, -0.15) is 15.5 Å². The van der Waals surface area contributed by atoms with Crippen LogP contribution in [-0.4, -0.2) is 20.0 Å². The van der Waals surface area contributed by atoms with Gasteiger partial charge in [0, 0.05) is 5.39 Å². The highest BCUT2D eigenvalue weighted by atomic mass is 15.3. The number of hydrogen-bond acceptors (Lipinski definition) is 4. The van der Waals surface area contributed by atoms with Gasteiger partial charge in [-0.1, -0.05) is 18.2 Å². The van der Waals surface area contributed by atoms with Crippen LogP contribution in [0.1, 0.15) is 16.8 Å². The highest BCUT2D eigenvalue weighted by Gasteiger charge is 2.15. The summed E-state index contributed by atoms with van der Waals surface area (Å²) < 4.78 is 1.66. The van der Waals surface area contributed by atoms with E-state index in [-0.39, 0.29) is 0 Å². The van der Waals surface area contributed by atoms with Gasteiger partial charge in [0.1, 0.15) is 11.6 Å². The van der Waals surface area contributed by atoms with Crippen LogP contribution in [0.25, 0.3) is 16.7 Å². The second-order valence-electron chi connectivity index (χ2n) is 4.34. The van der Waals surface area contributed by atoms with Crippen molar-refractivity contribution in [2.24, 2.45) is 0 Å². The molecule has 0 aliphatic carbocycles. The number of para-hydroxylation sites is 1. The molecule has 0 bridgehead atoms. The normalized spacial score (nSPS) is 10.6. The summed E-state index contributed by atoms with van der Waals surface area (Å²) in [5, 5.41) is 22.9. The predicted molar refractivity (Wildman–Crippen MR) is 70.8 cm³/mol. The van der Waals surface area contributed by atoms with Gasteiger partial charge in [0.15, 0.2) is 5.82 Å². The Balaban J connectivity index is 2.34. The van der Waals surface area contributed by atoms with Crippen LogP contribution in [0.3, 0.4) is 0 Å². The first-order chi connectivity index (χ1) is 9.22. The average molecular weight is 249 g/mol. The van der Waals surface area contributed by atoms with Crippen LogP contribution in [0.15, 0.2) is 30.5 Å². The van der Waals surface area contributed by atoms with Crippen LogP contribution in [0.4, 0.5) is 0 Å². The Kier molecular flexibility index (Phi) is 2.50. The van der Waals surface area contributed by atoms with Crippen LogP contribution in [0.2, 0.25) is 0 Å². The Bertz CT molecular complexity index is 810. The molecule has 5 heteroatoms. The highest BCUT2D eigenvalue weighted by Crippen LogP contribution is 2.21. The van der Waals surface area contributed by atoms with E-state index >= 15 is 0 Å². The maximum absolute atomic E-state index is 9.34. The van der Waals surface area contributed by atoms with Crippen LogP contribution < -0.4 is 0 Å². The van der Waals surface area contributed by atoms with Crippen molar-refractivity contribution in [1.82, 2.24) is 20.0 Å². The van der Waals surface area contributed by atoms with E-state index in [2.05, 4.69) is 21.4 Å². The highest BCUT2D eigenvalue weighted by molar-refractivity contribution is 5.80. The second-order valence-corrected chi connectivity index (χ2v) is 4.34. The Hall–Kier alpha value is -2.74. The van der Waals surface area contributed by atoms with Crippen LogP contribution in [0, 0.1) is 25.2 Å². The molecule has 0 saturated heterocycles. The number of hydrogen-bond donors (Lipinski definition) is 0. The number of nitriles is 1. The van der Waals surface area contributed by atoms with Gasteiger partial charge in [0.25, 0.3) is 0 Å². The van der Waals surface area contributed by atoms with Crippen molar-refractivity contribution in [3.05, 3.63) is 47.3 Å². The number of benzene rings is 1. The van der Waals surface area contributed by atoms with E-state index in [0.29, 0.717) is 11.4 Å². The molecule has 0 aliphatic rings. The topological polar surface area (TPSA) is 67.4 Å². The molecule has 3 aromatic rings. The van der Waals surface area contributed by atoms with Crippen LogP contribution in [0.5, 0.6) is 0 Å². The number of aryl methyl sites for hydroxylation is 1. The quantitative estimate of drug-likeness (QED) is 0.663. The van der Waals surface area contributed by atoms with E-state index in [1.54, 1.807) is 10.9 Å². The zero-order valence-electron chi connectivity index (χ0n) is 10.6. The van der Waals surface area contributed by atoms with Crippen molar-refractivity contribution in [3.8, 4) is 11.9 Å². The fourth-order valence-electron chi connectivity index (χ4n) is 2.02. The number of aromatic nitrogens is 4. The first-order valence-electron chi connectivity index (χ1n) is 5.89. The summed E-state index contributed by atoms with van der Waals surface area (Å²) in [5.41, 5.74) is 3.03. The van der Waals surface area contributed by atoms with Crippen molar-refractivity contribution < 1.29 is 0 Å². The summed E-state index contributed by atoms with van der Waals surface area (Å²) in [6.07, 6.45) is 1.76. The van der Waals surface area contributed by atoms with Crippen molar-refractivity contribution >= 4 is 10.9 Å². The summed E-state index contributed by atoms with van der Waals surface area (Å²) in [7, 11) is 0. The lowest BCUT2D eigenvalue weighted by atomic mass is 10.1. The Labute approximate surface area is 110 Å². The van der Waals surface area contributed by atoms with Crippen molar-refractivity contribution in [1.29, 1.82) is 5.26 Å². The third-order valence-electron chi connectivity index (χ3n) is 3.23. The lowest BCUT2D eigenvalue weighted by molar-refractivity contribution is 0.816. The van der Waals surface area contributed by atoms with Gasteiger partial charge >= 0.3 is 0 Å². The summed E-state index contributed by atoms with van der Waals surface area (Å²) in [6, 6.07) is 9.99. The van der Waals surface area contributed by atoms with Gasteiger partial charge < -0.3 is 0 Å². The molecule has 3 rings (SSSR count). The maximum atomic E-state index is 9.34. The molecular weight excluding hydrogens is 238 g/mol. The molecule has 0 amide bonds. The molecule has 0 radical (unpaired) electrons. The van der Waals surface area contributed by atoms with Crippen molar-refractivity contribution in [2.45, 2.75) is 13.8 Å². The van der Waals surface area contributed by atoms with Gasteiger partial charge in [-0.25, -0.2) is 4.68 Å². The van der Waals surface area contributed by atoms with E-state index in [9.17, 15) is 5.26 Å². The van der Waals surface area contributed by atoms with E-state index in [1.165, 1.54) is 0 Å². The fraction of sp³-hybridized carbons (Fsp3) is 0.143. The van der Waals surface area contributed by atoms with E-state index < -0.39 is 0 Å². The predicted octanol–water partition coefficient (Wildman–Crippen LogP) is 2.30. The van der Waals surface area contributed by atoms with E-state index in [4.69, 9.17) is 0 Å². The lowest BCUT2D eigenvalue weighted by Crippen LogP contribution is -2.07. The van der Waals surface area contributed by atoms with Crippen molar-refractivity contribution in [2.75, 3.05) is 0 Å². The molecule has 0 spiro atoms. The summed E-state index contributed by atoms with van der Waals surface area (Å²) >= 11 is 0. The zero-order chi connectivity index (χ0) is 13.4. The zero-order valence-corrected chi connectivity index (χ0v) is 10.6. The molecule has 2 aromatic heterocycles. The molecule has 2 heterocycles. The van der Waals surface area contributed by atoms with Gasteiger partial charge in [0.05, 0.1) is 17.4 Å². The molecule has 0 saturated carbocycles. The minimum atomic E-state index is 0.479. The SMILES string of the molecule is Cc1nnc(-n2ncc3ccccc32)c(C#N)c1C. The first kappa shape index (κ1) is 11.4. The molecule has 92 valence electrons. The van der Waals surface area contributed by atoms with E-state index in [1.807, 2.05) is 38.1 Å². The largest absolute Gasteiger partial charge is 0.212 e. The smallest absolute Gasteiger partial charge is 0.194 e. The van der Waals surface area contributed by atoms with Gasteiger partial charge in [-0.3, -0.25) is 0 Å². The molecule has 5 nitrogen and oxygen atoms in total. The molecular formula is C14H11N5. The average Bonchev–Trinajstić information content (AvgIpc) is 2.85. The lowest BCUT2D eigenvalue weighted by Gasteiger charge is -2.07. The van der Waals surface area contributed by atoms with Gasteiger partial charge in [-0.05, 0) is 25.5 Å². The minimum absolute atomic E-state index is 0.479. The van der Waals surface area contributed by atoms with Gasteiger partial charge in [-0.15, -0.1) is 5.10 Å². The first-order valence-corrected chi connectivity index (χ1v) is 5.89. The standard InChI is InChI=1S/C14H11N5/c1-9-10(2)17-18-14(12(9)7-15)19-13-6-4-3-5-11(13)8-16-19/h3-6,8H,1-2H3. The molecule has 0 fully saturated rings.